The molecule has 38 heavy (non-hydrogen) atoms. The molecule has 1 aliphatic carbocycles. The number of piperazine rings is 1. The minimum absolute atomic E-state index is 0.0827. The Bertz CT molecular complexity index is 1350. The van der Waals surface area contributed by atoms with Crippen LogP contribution in [0.5, 0.6) is 0 Å². The molecule has 2 aromatic heterocycles. The number of aromatic amines is 1. The lowest BCUT2D eigenvalue weighted by Crippen LogP contribution is -2.56. The van der Waals surface area contributed by atoms with Crippen LogP contribution in [0, 0.1) is 0 Å². The van der Waals surface area contributed by atoms with Gasteiger partial charge in [-0.25, -0.2) is 14.8 Å². The Kier molecular flexibility index (Phi) is 7.00. The number of carbonyl (C=O) groups is 2. The Morgan fingerprint density at radius 3 is 2.63 bits per heavy atom. The number of nitrogens with one attached hydrogen (secondary N) is 2. The van der Waals surface area contributed by atoms with Crippen LogP contribution in [0.4, 0.5) is 16.4 Å². The molecule has 12 heteroatoms. The van der Waals surface area contributed by atoms with Gasteiger partial charge in [0.1, 0.15) is 11.4 Å². The normalized spacial score (nSPS) is 18.0. The number of anilines is 2. The number of benzene rings is 1. The monoisotopic (exact) mass is 518 g/mol. The summed E-state index contributed by atoms with van der Waals surface area (Å²) in [5, 5.41) is 11.5. The highest BCUT2D eigenvalue weighted by atomic mass is 16.6. The summed E-state index contributed by atoms with van der Waals surface area (Å²) in [7, 11) is 3.22. The quantitative estimate of drug-likeness (QED) is 0.478. The maximum absolute atomic E-state index is 13.6. The molecular weight excluding hydrogens is 485 g/mol. The van der Waals surface area contributed by atoms with Gasteiger partial charge in [0.05, 0.1) is 5.52 Å². The largest absolute Gasteiger partial charge is 0.444 e. The number of hydrogen-bond donors (Lipinski definition) is 2. The van der Waals surface area contributed by atoms with Gasteiger partial charge in [-0.05, 0) is 46.6 Å². The lowest BCUT2D eigenvalue weighted by atomic mass is 9.87. The minimum Gasteiger partial charge on any atom is -0.444 e. The third-order valence-corrected chi connectivity index (χ3v) is 6.57. The van der Waals surface area contributed by atoms with E-state index >= 15 is 0 Å². The van der Waals surface area contributed by atoms with Gasteiger partial charge in [-0.3, -0.25) is 9.89 Å². The molecule has 5 rings (SSSR count). The lowest BCUT2D eigenvalue weighted by Gasteiger charge is -2.39. The van der Waals surface area contributed by atoms with Gasteiger partial charge in [0.15, 0.2) is 5.82 Å². The predicted molar refractivity (Wildman–Crippen MR) is 144 cm³/mol. The Hall–Kier alpha value is -3.67. The molecule has 0 bridgehead atoms. The average Bonchev–Trinajstić information content (AvgIpc) is 3.61. The van der Waals surface area contributed by atoms with Crippen molar-refractivity contribution in [3.05, 3.63) is 35.8 Å². The van der Waals surface area contributed by atoms with Crippen molar-refractivity contribution in [1.29, 1.82) is 0 Å². The van der Waals surface area contributed by atoms with Crippen molar-refractivity contribution in [3.63, 3.8) is 0 Å². The number of carbonyl (C=O) groups excluding carboxylic acids is 2. The molecule has 1 aliphatic heterocycles. The van der Waals surface area contributed by atoms with Crippen LogP contribution >= 0.6 is 0 Å². The molecular formula is C26H33BN7O4. The van der Waals surface area contributed by atoms with Gasteiger partial charge >= 0.3 is 13.6 Å². The van der Waals surface area contributed by atoms with E-state index in [4.69, 9.17) is 9.39 Å². The molecule has 0 spiro atoms. The number of H-pyrrole nitrogens is 1. The fraction of sp³-hybridized carbons (Fsp3) is 0.500. The van der Waals surface area contributed by atoms with E-state index in [1.54, 1.807) is 24.4 Å². The second-order valence-electron chi connectivity index (χ2n) is 10.9. The van der Waals surface area contributed by atoms with E-state index in [0.29, 0.717) is 42.7 Å². The number of rotatable bonds is 6. The zero-order chi connectivity index (χ0) is 27.0. The molecule has 11 nitrogen and oxygen atoms in total. The molecule has 2 fully saturated rings. The van der Waals surface area contributed by atoms with Crippen LogP contribution in [0.25, 0.3) is 10.9 Å². The first-order valence-electron chi connectivity index (χ1n) is 12.9. The zero-order valence-electron chi connectivity index (χ0n) is 22.4. The maximum Gasteiger partial charge on any atom is 0.410 e. The standard InChI is InChI=1S/C26H33BN7O4/c1-15-14-33(10-11-34(15)25(36)38-26(2,3)4)24(35)23-28-19-9-8-17(27-37-5)12-18(19)22(30-23)29-21-13-20(31-32-21)16-6-7-16/h8-9,12-13,15-16H,6-7,10-11,14H2,1-5H3,(H2,28,29,30,31,32)/t15-/m1/s1. The number of amides is 2. The molecule has 2 amide bonds. The molecule has 2 aliphatic rings. The lowest BCUT2D eigenvalue weighted by molar-refractivity contribution is 0.00182. The van der Waals surface area contributed by atoms with Crippen LogP contribution in [0.1, 0.15) is 62.8 Å². The van der Waals surface area contributed by atoms with Crippen molar-refractivity contribution in [1.82, 2.24) is 30.0 Å². The summed E-state index contributed by atoms with van der Waals surface area (Å²) in [6, 6.07) is 7.39. The van der Waals surface area contributed by atoms with E-state index in [9.17, 15) is 9.59 Å². The molecule has 1 radical (unpaired) electrons. The third-order valence-electron chi connectivity index (χ3n) is 6.57. The van der Waals surface area contributed by atoms with Gasteiger partial charge in [-0.1, -0.05) is 17.6 Å². The summed E-state index contributed by atoms with van der Waals surface area (Å²) in [6.45, 7) is 8.50. The SMILES string of the molecule is CO[B]c1ccc2nc(C(=O)N3CCN(C(=O)OC(C)(C)C)[C@H](C)C3)nc(Nc3cc(C4CC4)[nH]n3)c2c1. The molecule has 1 atom stereocenters. The Morgan fingerprint density at radius 1 is 1.16 bits per heavy atom. The van der Waals surface area contributed by atoms with Crippen molar-refractivity contribution in [3.8, 4) is 0 Å². The van der Waals surface area contributed by atoms with Crippen molar-refractivity contribution < 1.29 is 19.0 Å². The summed E-state index contributed by atoms with van der Waals surface area (Å²) in [5.41, 5.74) is 1.98. The van der Waals surface area contributed by atoms with Gasteiger partial charge < -0.3 is 24.5 Å². The fourth-order valence-electron chi connectivity index (χ4n) is 4.55. The van der Waals surface area contributed by atoms with E-state index in [1.807, 2.05) is 52.0 Å². The first-order valence-corrected chi connectivity index (χ1v) is 12.9. The molecule has 3 heterocycles. The van der Waals surface area contributed by atoms with Crippen LogP contribution in [-0.4, -0.2) is 87.8 Å². The zero-order valence-corrected chi connectivity index (χ0v) is 22.4. The molecule has 1 aromatic carbocycles. The molecule has 3 aromatic rings. The topological polar surface area (TPSA) is 126 Å². The smallest absolute Gasteiger partial charge is 0.410 e. The summed E-state index contributed by atoms with van der Waals surface area (Å²) >= 11 is 0. The van der Waals surface area contributed by atoms with E-state index < -0.39 is 5.60 Å². The Balaban J connectivity index is 1.40. The molecule has 0 unspecified atom stereocenters. The van der Waals surface area contributed by atoms with Crippen molar-refractivity contribution in [2.75, 3.05) is 32.1 Å². The Morgan fingerprint density at radius 2 is 1.95 bits per heavy atom. The molecule has 1 saturated carbocycles. The van der Waals surface area contributed by atoms with Gasteiger partial charge in [-0.15, -0.1) is 0 Å². The predicted octanol–water partition coefficient (Wildman–Crippen LogP) is 2.95. The summed E-state index contributed by atoms with van der Waals surface area (Å²) in [4.78, 5) is 38.7. The number of fused-ring (bicyclic) bond motifs is 1. The second-order valence-corrected chi connectivity index (χ2v) is 10.9. The van der Waals surface area contributed by atoms with Crippen molar-refractivity contribution in [2.45, 2.75) is 58.1 Å². The number of ether oxygens (including phenoxy) is 1. The average molecular weight is 518 g/mol. The first-order chi connectivity index (χ1) is 18.1. The maximum atomic E-state index is 13.6. The first kappa shape index (κ1) is 26.0. The van der Waals surface area contributed by atoms with Gasteiger partial charge in [0.25, 0.3) is 5.91 Å². The fourth-order valence-corrected chi connectivity index (χ4v) is 4.55. The minimum atomic E-state index is -0.583. The summed E-state index contributed by atoms with van der Waals surface area (Å²) < 4.78 is 10.7. The number of nitrogens with zero attached hydrogens (tertiary/aromatic N) is 5. The summed E-state index contributed by atoms with van der Waals surface area (Å²) in [5.74, 6) is 1.43. The van der Waals surface area contributed by atoms with Crippen molar-refractivity contribution in [2.24, 2.45) is 0 Å². The van der Waals surface area contributed by atoms with E-state index in [2.05, 4.69) is 25.5 Å². The van der Waals surface area contributed by atoms with Crippen LogP contribution in [0.3, 0.4) is 0 Å². The third kappa shape index (κ3) is 5.75. The van der Waals surface area contributed by atoms with E-state index in [0.717, 1.165) is 29.4 Å². The second kappa shape index (κ2) is 10.2. The van der Waals surface area contributed by atoms with Crippen LogP contribution < -0.4 is 10.8 Å². The molecule has 199 valence electrons. The van der Waals surface area contributed by atoms with Crippen LogP contribution in [-0.2, 0) is 9.39 Å². The molecule has 1 saturated heterocycles. The van der Waals surface area contributed by atoms with Crippen molar-refractivity contribution >= 4 is 47.5 Å². The van der Waals surface area contributed by atoms with Gasteiger partial charge in [0.2, 0.25) is 5.82 Å². The number of hydrogen-bond acceptors (Lipinski definition) is 8. The Labute approximate surface area is 222 Å². The van der Waals surface area contributed by atoms with Crippen LogP contribution in [0.15, 0.2) is 24.3 Å². The summed E-state index contributed by atoms with van der Waals surface area (Å²) in [6.07, 6.45) is 1.94. The van der Waals surface area contributed by atoms with Crippen LogP contribution in [0.2, 0.25) is 0 Å². The molecule has 2 N–H and O–H groups in total. The van der Waals surface area contributed by atoms with Gasteiger partial charge in [0, 0.05) is 55.9 Å². The number of aromatic nitrogens is 4. The highest BCUT2D eigenvalue weighted by Crippen LogP contribution is 2.39. The highest BCUT2D eigenvalue weighted by Gasteiger charge is 2.34. The highest BCUT2D eigenvalue weighted by molar-refractivity contribution is 6.47. The van der Waals surface area contributed by atoms with E-state index in [-0.39, 0.29) is 23.9 Å². The van der Waals surface area contributed by atoms with E-state index in [1.165, 1.54) is 0 Å². The van der Waals surface area contributed by atoms with Gasteiger partial charge in [-0.2, -0.15) is 5.10 Å².